The zero-order chi connectivity index (χ0) is 22.8. The number of aliphatic hydroxyl groups is 8. The van der Waals surface area contributed by atoms with Gasteiger partial charge in [0.15, 0.2) is 5.82 Å². The Morgan fingerprint density at radius 1 is 0.806 bits per heavy atom. The molecule has 0 saturated carbocycles. The Bertz CT molecular complexity index is 1110. The summed E-state index contributed by atoms with van der Waals surface area (Å²) in [6, 6.07) is 12.3. The van der Waals surface area contributed by atoms with Gasteiger partial charge in [-0.1, -0.05) is 42.0 Å². The highest BCUT2D eigenvalue weighted by Gasteiger charge is 2.61. The van der Waals surface area contributed by atoms with E-state index in [-0.39, 0.29) is 16.6 Å². The van der Waals surface area contributed by atoms with Crippen molar-refractivity contribution >= 4 is 11.0 Å². The molecule has 31 heavy (non-hydrogen) atoms. The summed E-state index contributed by atoms with van der Waals surface area (Å²) < 4.78 is 0.776. The maximum absolute atomic E-state index is 11.1. The third-order valence-corrected chi connectivity index (χ3v) is 5.52. The van der Waals surface area contributed by atoms with E-state index < -0.39 is 42.3 Å². The van der Waals surface area contributed by atoms with Crippen LogP contribution in [0, 0.1) is 6.92 Å². The van der Waals surface area contributed by atoms with E-state index in [0.717, 1.165) is 10.1 Å². The number of aryl methyl sites for hydroxylation is 1. The first-order valence-electron chi connectivity index (χ1n) is 9.37. The van der Waals surface area contributed by atoms with E-state index in [1.54, 1.807) is 24.3 Å². The molecule has 11 heteroatoms. The average molecular weight is 433 g/mol. The molecule has 0 radical (unpaired) electrons. The molecule has 1 aliphatic rings. The van der Waals surface area contributed by atoms with Gasteiger partial charge in [-0.3, -0.25) is 4.57 Å². The fourth-order valence-corrected chi connectivity index (χ4v) is 3.68. The summed E-state index contributed by atoms with van der Waals surface area (Å²) in [5.74, 6) is -12.8. The Kier molecular flexibility index (Phi) is 4.76. The van der Waals surface area contributed by atoms with E-state index in [1.807, 2.05) is 6.92 Å². The van der Waals surface area contributed by atoms with Crippen molar-refractivity contribution in [2.45, 2.75) is 30.3 Å². The normalized spacial score (nSPS) is 19.3. The van der Waals surface area contributed by atoms with Crippen molar-refractivity contribution in [2.75, 3.05) is 13.1 Å². The molecular formula is C20H23N3O8. The summed E-state index contributed by atoms with van der Waals surface area (Å²) in [4.78, 5) is 4.65. The van der Waals surface area contributed by atoms with Crippen LogP contribution in [0.1, 0.15) is 17.0 Å². The minimum absolute atomic E-state index is 0.00273. The monoisotopic (exact) mass is 433 g/mol. The largest absolute Gasteiger partial charge is 0.360 e. The second kappa shape index (κ2) is 6.77. The summed E-state index contributed by atoms with van der Waals surface area (Å²) in [5, 5.41) is 83.3. The van der Waals surface area contributed by atoms with Crippen molar-refractivity contribution < 1.29 is 40.9 Å². The molecule has 0 bridgehead atoms. The van der Waals surface area contributed by atoms with Crippen molar-refractivity contribution in [3.63, 3.8) is 0 Å². The van der Waals surface area contributed by atoms with Gasteiger partial charge in [-0.2, -0.15) is 0 Å². The van der Waals surface area contributed by atoms with Gasteiger partial charge in [0.2, 0.25) is 11.6 Å². The van der Waals surface area contributed by atoms with Crippen LogP contribution in [0.15, 0.2) is 48.5 Å². The fraction of sp³-hybridized carbons (Fsp3) is 0.350. The Hall–Kier alpha value is -2.45. The molecule has 0 aliphatic carbocycles. The van der Waals surface area contributed by atoms with E-state index in [2.05, 4.69) is 4.98 Å². The van der Waals surface area contributed by atoms with E-state index in [1.165, 1.54) is 24.3 Å². The van der Waals surface area contributed by atoms with Crippen LogP contribution in [0.2, 0.25) is 0 Å². The maximum Gasteiger partial charge on any atom is 0.288 e. The number of β-amino-alcohol motifs (C(OH)–C–C–N with tert-alkyl or cyclic N) is 4. The van der Waals surface area contributed by atoms with Crippen LogP contribution in [-0.2, 0) is 11.8 Å². The van der Waals surface area contributed by atoms with Crippen LogP contribution >= 0.6 is 0 Å². The minimum Gasteiger partial charge on any atom is -0.360 e. The zero-order valence-electron chi connectivity index (χ0n) is 16.5. The Labute approximate surface area is 175 Å². The number of hydrogen-bond donors (Lipinski definition) is 8. The number of nitrogens with zero attached hydrogens (tertiary/aromatic N) is 3. The number of rotatable bonds is 4. The van der Waals surface area contributed by atoms with Crippen molar-refractivity contribution in [1.29, 1.82) is 0 Å². The van der Waals surface area contributed by atoms with E-state index in [0.29, 0.717) is 4.90 Å². The van der Waals surface area contributed by atoms with Gasteiger partial charge in [-0.25, -0.2) is 9.88 Å². The second-order valence-electron chi connectivity index (χ2n) is 7.89. The predicted octanol–water partition coefficient (Wildman–Crippen LogP) is -2.24. The highest BCUT2D eigenvalue weighted by atomic mass is 16.6. The molecule has 0 unspecified atom stereocenters. The van der Waals surface area contributed by atoms with Crippen LogP contribution in [0.4, 0.5) is 0 Å². The number of fused-ring (bicyclic) bond motifs is 1. The fourth-order valence-electron chi connectivity index (χ4n) is 3.68. The molecule has 2 heterocycles. The van der Waals surface area contributed by atoms with Crippen molar-refractivity contribution in [2.24, 2.45) is 0 Å². The lowest BCUT2D eigenvalue weighted by Gasteiger charge is -2.34. The van der Waals surface area contributed by atoms with Crippen LogP contribution in [-0.4, -0.2) is 80.0 Å². The molecule has 0 amide bonds. The predicted molar refractivity (Wildman–Crippen MR) is 104 cm³/mol. The first-order chi connectivity index (χ1) is 14.3. The number of imidazole rings is 1. The maximum atomic E-state index is 11.1. The Morgan fingerprint density at radius 2 is 1.35 bits per heavy atom. The lowest BCUT2D eigenvalue weighted by molar-refractivity contribution is -0.328. The highest BCUT2D eigenvalue weighted by molar-refractivity contribution is 5.76. The topological polar surface area (TPSA) is 183 Å². The SMILES string of the molecule is Cc1ccc(C(O)(O)n2c(C(O)(O)N3CC(O)(O)C(O)(O)C3)nc3ccccc32)cc1. The number of para-hydroxylation sites is 2. The van der Waals surface area contributed by atoms with E-state index >= 15 is 0 Å². The molecule has 8 N–H and O–H groups in total. The lowest BCUT2D eigenvalue weighted by Crippen LogP contribution is -2.53. The molecule has 1 saturated heterocycles. The highest BCUT2D eigenvalue weighted by Crippen LogP contribution is 2.38. The van der Waals surface area contributed by atoms with Gasteiger partial charge in [-0.15, -0.1) is 0 Å². The minimum atomic E-state index is -3.15. The van der Waals surface area contributed by atoms with Crippen molar-refractivity contribution in [1.82, 2.24) is 14.5 Å². The summed E-state index contributed by atoms with van der Waals surface area (Å²) in [6.07, 6.45) is 0. The molecule has 3 aromatic rings. The number of benzene rings is 2. The third kappa shape index (κ3) is 3.32. The van der Waals surface area contributed by atoms with Gasteiger partial charge >= 0.3 is 0 Å². The van der Waals surface area contributed by atoms with Gasteiger partial charge in [0.25, 0.3) is 11.8 Å². The first-order valence-corrected chi connectivity index (χ1v) is 9.37. The van der Waals surface area contributed by atoms with Crippen molar-refractivity contribution in [3.8, 4) is 0 Å². The van der Waals surface area contributed by atoms with Gasteiger partial charge < -0.3 is 40.9 Å². The molecule has 0 spiro atoms. The number of hydrogen-bond acceptors (Lipinski definition) is 10. The summed E-state index contributed by atoms with van der Waals surface area (Å²) >= 11 is 0. The first kappa shape index (κ1) is 21.8. The molecule has 1 aliphatic heterocycles. The van der Waals surface area contributed by atoms with Crippen LogP contribution in [0.25, 0.3) is 11.0 Å². The molecular weight excluding hydrogens is 410 g/mol. The molecule has 2 aromatic carbocycles. The van der Waals surface area contributed by atoms with Crippen molar-refractivity contribution in [3.05, 3.63) is 65.5 Å². The van der Waals surface area contributed by atoms with E-state index in [4.69, 9.17) is 0 Å². The summed E-state index contributed by atoms with van der Waals surface area (Å²) in [6.45, 7) is -0.153. The average Bonchev–Trinajstić information content (AvgIpc) is 3.18. The summed E-state index contributed by atoms with van der Waals surface area (Å²) in [7, 11) is 0. The smallest absolute Gasteiger partial charge is 0.288 e. The molecule has 166 valence electrons. The molecule has 11 nitrogen and oxygen atoms in total. The van der Waals surface area contributed by atoms with Crippen LogP contribution < -0.4 is 0 Å². The lowest BCUT2D eigenvalue weighted by atomic mass is 10.1. The number of aromatic nitrogens is 2. The van der Waals surface area contributed by atoms with Crippen LogP contribution in [0.3, 0.4) is 0 Å². The van der Waals surface area contributed by atoms with E-state index in [9.17, 15) is 40.9 Å². The van der Waals surface area contributed by atoms with Gasteiger partial charge in [0, 0.05) is 5.56 Å². The van der Waals surface area contributed by atoms with Crippen LogP contribution in [0.5, 0.6) is 0 Å². The number of likely N-dealkylation sites (tertiary alicyclic amines) is 1. The molecule has 1 fully saturated rings. The van der Waals surface area contributed by atoms with Gasteiger partial charge in [0.1, 0.15) is 0 Å². The molecule has 1 aromatic heterocycles. The van der Waals surface area contributed by atoms with Gasteiger partial charge in [-0.05, 0) is 19.1 Å². The quantitative estimate of drug-likeness (QED) is 0.209. The summed E-state index contributed by atoms with van der Waals surface area (Å²) in [5.41, 5.74) is 1.17. The zero-order valence-corrected chi connectivity index (χ0v) is 16.5. The molecule has 0 atom stereocenters. The van der Waals surface area contributed by atoms with Gasteiger partial charge in [0.05, 0.1) is 24.1 Å². The molecule has 4 rings (SSSR count). The third-order valence-electron chi connectivity index (χ3n) is 5.52. The Morgan fingerprint density at radius 3 is 1.94 bits per heavy atom. The standard InChI is InChI=1S/C20H23N3O8/c1-12-6-8-13(9-7-12)19(28,29)23-15-5-3-2-4-14(15)21-16(23)20(30,31)22-10-17(24,25)18(26,27)11-22/h2-9,24-31H,10-11H2,1H3. The Balaban J connectivity index is 1.91. The second-order valence-corrected chi connectivity index (χ2v) is 7.89.